The van der Waals surface area contributed by atoms with Gasteiger partial charge in [0.25, 0.3) is 0 Å². The van der Waals surface area contributed by atoms with Gasteiger partial charge in [0.2, 0.25) is 0 Å². The smallest absolute Gasteiger partial charge is 0.157 e. The minimum atomic E-state index is -0.104. The third-order valence-corrected chi connectivity index (χ3v) is 1.51. The average Bonchev–Trinajstić information content (AvgIpc) is 2.07. The highest BCUT2D eigenvalue weighted by Gasteiger charge is 1.99. The molecule has 1 aromatic rings. The van der Waals surface area contributed by atoms with Crippen LogP contribution in [-0.4, -0.2) is 16.8 Å². The zero-order chi connectivity index (χ0) is 8.97. The van der Waals surface area contributed by atoms with Gasteiger partial charge in [-0.15, -0.1) is 0 Å². The summed E-state index contributed by atoms with van der Waals surface area (Å²) in [7, 11) is 0. The van der Waals surface area contributed by atoms with Crippen molar-refractivity contribution in [1.82, 2.24) is 0 Å². The Kier molecular flexibility index (Phi) is 2.94. The topological polar surface area (TPSA) is 49.7 Å². The molecule has 0 heterocycles. The monoisotopic (exact) mass is 168 g/mol. The molecular formula is C9H12O3. The minimum absolute atomic E-state index is 0.102. The first-order chi connectivity index (χ1) is 5.74. The van der Waals surface area contributed by atoms with E-state index in [9.17, 15) is 0 Å². The van der Waals surface area contributed by atoms with Crippen LogP contribution in [0.25, 0.3) is 0 Å². The molecule has 0 radical (unpaired) electrons. The summed E-state index contributed by atoms with van der Waals surface area (Å²) in [4.78, 5) is 0. The second-order valence-electron chi connectivity index (χ2n) is 2.46. The number of phenols is 2. The van der Waals surface area contributed by atoms with Crippen LogP contribution in [0.4, 0.5) is 0 Å². The Hall–Kier alpha value is -1.22. The van der Waals surface area contributed by atoms with Crippen molar-refractivity contribution in [1.29, 1.82) is 0 Å². The standard InChI is InChI=1S/C9H12O3/c1-2-12-6-7-3-4-8(10)9(11)5-7/h3-5,10-11H,2,6H2,1H3. The summed E-state index contributed by atoms with van der Waals surface area (Å²) in [5.41, 5.74) is 0.854. The molecule has 0 fully saturated rings. The Morgan fingerprint density at radius 1 is 1.25 bits per heavy atom. The van der Waals surface area contributed by atoms with Gasteiger partial charge in [0.05, 0.1) is 6.61 Å². The first kappa shape index (κ1) is 8.87. The van der Waals surface area contributed by atoms with E-state index in [-0.39, 0.29) is 11.5 Å². The minimum Gasteiger partial charge on any atom is -0.504 e. The van der Waals surface area contributed by atoms with Gasteiger partial charge in [-0.05, 0) is 24.6 Å². The molecule has 0 saturated heterocycles. The highest BCUT2D eigenvalue weighted by atomic mass is 16.5. The number of hydrogen-bond donors (Lipinski definition) is 2. The van der Waals surface area contributed by atoms with Gasteiger partial charge in [-0.2, -0.15) is 0 Å². The maximum absolute atomic E-state index is 9.09. The lowest BCUT2D eigenvalue weighted by Gasteiger charge is -2.02. The molecule has 0 atom stereocenters. The first-order valence-corrected chi connectivity index (χ1v) is 3.82. The van der Waals surface area contributed by atoms with Crippen molar-refractivity contribution in [3.63, 3.8) is 0 Å². The van der Waals surface area contributed by atoms with Gasteiger partial charge >= 0.3 is 0 Å². The number of benzene rings is 1. The fourth-order valence-corrected chi connectivity index (χ4v) is 0.879. The maximum Gasteiger partial charge on any atom is 0.157 e. The van der Waals surface area contributed by atoms with Gasteiger partial charge in [0.15, 0.2) is 11.5 Å². The molecule has 1 aromatic carbocycles. The van der Waals surface area contributed by atoms with Gasteiger partial charge in [-0.1, -0.05) is 6.07 Å². The van der Waals surface area contributed by atoms with Crippen molar-refractivity contribution < 1.29 is 14.9 Å². The van der Waals surface area contributed by atoms with E-state index < -0.39 is 0 Å². The van der Waals surface area contributed by atoms with Crippen LogP contribution in [0, 0.1) is 0 Å². The molecule has 0 saturated carbocycles. The molecule has 12 heavy (non-hydrogen) atoms. The zero-order valence-corrected chi connectivity index (χ0v) is 6.95. The molecule has 1 rings (SSSR count). The summed E-state index contributed by atoms with van der Waals surface area (Å²) in [6.07, 6.45) is 0. The number of hydrogen-bond acceptors (Lipinski definition) is 3. The Morgan fingerprint density at radius 3 is 2.58 bits per heavy atom. The van der Waals surface area contributed by atoms with Crippen molar-refractivity contribution in [2.45, 2.75) is 13.5 Å². The molecular weight excluding hydrogens is 156 g/mol. The maximum atomic E-state index is 9.09. The highest BCUT2D eigenvalue weighted by molar-refractivity contribution is 5.40. The normalized spacial score (nSPS) is 10.1. The molecule has 0 unspecified atom stereocenters. The van der Waals surface area contributed by atoms with E-state index in [1.807, 2.05) is 6.92 Å². The Labute approximate surface area is 71.2 Å². The largest absolute Gasteiger partial charge is 0.504 e. The summed E-state index contributed by atoms with van der Waals surface area (Å²) in [6, 6.07) is 4.65. The fourth-order valence-electron chi connectivity index (χ4n) is 0.879. The lowest BCUT2D eigenvalue weighted by molar-refractivity contribution is 0.134. The molecule has 2 N–H and O–H groups in total. The Balaban J connectivity index is 2.69. The summed E-state index contributed by atoms with van der Waals surface area (Å²) < 4.78 is 5.12. The molecule has 3 heteroatoms. The van der Waals surface area contributed by atoms with Crippen LogP contribution in [0.2, 0.25) is 0 Å². The third-order valence-electron chi connectivity index (χ3n) is 1.51. The van der Waals surface area contributed by atoms with Gasteiger partial charge in [-0.3, -0.25) is 0 Å². The third kappa shape index (κ3) is 2.13. The molecule has 0 aromatic heterocycles. The Bertz CT molecular complexity index is 258. The van der Waals surface area contributed by atoms with Gasteiger partial charge in [-0.25, -0.2) is 0 Å². The van der Waals surface area contributed by atoms with Gasteiger partial charge < -0.3 is 14.9 Å². The second-order valence-corrected chi connectivity index (χ2v) is 2.46. The predicted octanol–water partition coefficient (Wildman–Crippen LogP) is 1.63. The number of aromatic hydroxyl groups is 2. The molecule has 0 aliphatic carbocycles. The molecule has 0 bridgehead atoms. The van der Waals surface area contributed by atoms with Crippen LogP contribution >= 0.6 is 0 Å². The van der Waals surface area contributed by atoms with Crippen molar-refractivity contribution in [3.8, 4) is 11.5 Å². The number of rotatable bonds is 3. The van der Waals surface area contributed by atoms with Crippen LogP contribution in [0.1, 0.15) is 12.5 Å². The molecule has 0 spiro atoms. The van der Waals surface area contributed by atoms with Crippen LogP contribution in [0.5, 0.6) is 11.5 Å². The quantitative estimate of drug-likeness (QED) is 0.674. The lowest BCUT2D eigenvalue weighted by atomic mass is 10.2. The van der Waals surface area contributed by atoms with Crippen LogP contribution < -0.4 is 0 Å². The zero-order valence-electron chi connectivity index (χ0n) is 6.95. The highest BCUT2D eigenvalue weighted by Crippen LogP contribution is 2.24. The van der Waals surface area contributed by atoms with Crippen LogP contribution in [-0.2, 0) is 11.3 Å². The summed E-state index contributed by atoms with van der Waals surface area (Å²) in [5, 5.41) is 18.1. The summed E-state index contributed by atoms with van der Waals surface area (Å²) >= 11 is 0. The van der Waals surface area contributed by atoms with E-state index in [2.05, 4.69) is 0 Å². The van der Waals surface area contributed by atoms with Crippen LogP contribution in [0.3, 0.4) is 0 Å². The van der Waals surface area contributed by atoms with Crippen molar-refractivity contribution in [3.05, 3.63) is 23.8 Å². The van der Waals surface area contributed by atoms with E-state index in [0.717, 1.165) is 5.56 Å². The van der Waals surface area contributed by atoms with E-state index in [4.69, 9.17) is 14.9 Å². The van der Waals surface area contributed by atoms with Gasteiger partial charge in [0, 0.05) is 6.61 Å². The molecule has 0 amide bonds. The van der Waals surface area contributed by atoms with Crippen molar-refractivity contribution >= 4 is 0 Å². The molecule has 66 valence electrons. The van der Waals surface area contributed by atoms with E-state index in [1.54, 1.807) is 6.07 Å². The lowest BCUT2D eigenvalue weighted by Crippen LogP contribution is -1.90. The molecule has 3 nitrogen and oxygen atoms in total. The van der Waals surface area contributed by atoms with E-state index in [1.165, 1.54) is 12.1 Å². The number of phenolic OH excluding ortho intramolecular Hbond substituents is 2. The fraction of sp³-hybridized carbons (Fsp3) is 0.333. The number of ether oxygens (including phenoxy) is 1. The molecule has 0 aliphatic heterocycles. The Morgan fingerprint density at radius 2 is 2.00 bits per heavy atom. The molecule has 0 aliphatic rings. The second kappa shape index (κ2) is 3.97. The van der Waals surface area contributed by atoms with Crippen molar-refractivity contribution in [2.24, 2.45) is 0 Å². The average molecular weight is 168 g/mol. The van der Waals surface area contributed by atoms with Crippen molar-refractivity contribution in [2.75, 3.05) is 6.61 Å². The first-order valence-electron chi connectivity index (χ1n) is 3.82. The SMILES string of the molecule is CCOCc1ccc(O)c(O)c1. The summed E-state index contributed by atoms with van der Waals surface area (Å²) in [6.45, 7) is 3.01. The summed E-state index contributed by atoms with van der Waals surface area (Å²) in [5.74, 6) is -0.206. The van der Waals surface area contributed by atoms with E-state index in [0.29, 0.717) is 13.2 Å². The predicted molar refractivity (Wildman–Crippen MR) is 45.1 cm³/mol. The van der Waals surface area contributed by atoms with Crippen LogP contribution in [0.15, 0.2) is 18.2 Å². The van der Waals surface area contributed by atoms with Gasteiger partial charge in [0.1, 0.15) is 0 Å². The van der Waals surface area contributed by atoms with E-state index >= 15 is 0 Å².